The molecule has 0 heterocycles. The lowest BCUT2D eigenvalue weighted by atomic mass is 9.90. The molecule has 0 aromatic rings. The molecule has 5 nitrogen and oxygen atoms in total. The Morgan fingerprint density at radius 1 is 0.750 bits per heavy atom. The van der Waals surface area contributed by atoms with E-state index in [9.17, 15) is 0 Å². The summed E-state index contributed by atoms with van der Waals surface area (Å²) in [6, 6.07) is 0. The zero-order chi connectivity index (χ0) is 21.5. The smallest absolute Gasteiger partial charge is 0.319 e. The van der Waals surface area contributed by atoms with Crippen molar-refractivity contribution in [3.8, 4) is 0 Å². The number of hydrogen-bond donors (Lipinski definition) is 0. The summed E-state index contributed by atoms with van der Waals surface area (Å²) in [5.74, 6) is -0.381. The van der Waals surface area contributed by atoms with Crippen molar-refractivity contribution >= 4 is 0 Å². The van der Waals surface area contributed by atoms with Crippen LogP contribution in [0.1, 0.15) is 93.9 Å². The Bertz CT molecular complexity index is 357. The van der Waals surface area contributed by atoms with Gasteiger partial charge in [-0.3, -0.25) is 0 Å². The summed E-state index contributed by atoms with van der Waals surface area (Å²) in [7, 11) is 0. The van der Waals surface area contributed by atoms with Crippen LogP contribution in [0.4, 0.5) is 0 Å². The minimum absolute atomic E-state index is 0.356. The summed E-state index contributed by atoms with van der Waals surface area (Å²) < 4.78 is 18.4. The highest BCUT2D eigenvalue weighted by molar-refractivity contribution is 4.80. The molecule has 0 radical (unpaired) electrons. The van der Waals surface area contributed by atoms with Crippen LogP contribution in [0, 0.1) is 17.3 Å². The van der Waals surface area contributed by atoms with Gasteiger partial charge in [-0.2, -0.15) is 4.89 Å². The lowest BCUT2D eigenvalue weighted by Gasteiger charge is -2.43. The van der Waals surface area contributed by atoms with E-state index in [0.717, 1.165) is 45.1 Å². The Kier molecular flexibility index (Phi) is 15.5. The molecule has 0 aromatic heterocycles. The molecule has 0 N–H and O–H groups in total. The molecular formula is C23H48O5. The number of ether oxygens (including phenoxy) is 3. The first kappa shape index (κ1) is 27.8. The number of unbranched alkanes of at least 4 members (excludes halogenated alkanes) is 3. The highest BCUT2D eigenvalue weighted by Gasteiger charge is 2.51. The van der Waals surface area contributed by atoms with Crippen molar-refractivity contribution < 1.29 is 24.0 Å². The normalized spacial score (nSPS) is 14.8. The first-order chi connectivity index (χ1) is 13.2. The summed E-state index contributed by atoms with van der Waals surface area (Å²) in [6.45, 7) is 19.8. The van der Waals surface area contributed by atoms with Gasteiger partial charge in [-0.25, -0.2) is 4.89 Å². The number of hydrogen-bond acceptors (Lipinski definition) is 5. The van der Waals surface area contributed by atoms with E-state index in [2.05, 4.69) is 55.4 Å². The molecular weight excluding hydrogens is 356 g/mol. The minimum Gasteiger partial charge on any atom is -0.381 e. The van der Waals surface area contributed by atoms with Crippen LogP contribution in [-0.4, -0.2) is 39.0 Å². The predicted octanol–water partition coefficient (Wildman–Crippen LogP) is 6.36. The molecule has 0 saturated heterocycles. The first-order valence-corrected chi connectivity index (χ1v) is 11.4. The molecule has 1 unspecified atom stereocenters. The van der Waals surface area contributed by atoms with E-state index in [1.807, 2.05) is 0 Å². The Labute approximate surface area is 174 Å². The van der Waals surface area contributed by atoms with Gasteiger partial charge in [0.05, 0.1) is 31.8 Å². The second-order valence-electron chi connectivity index (χ2n) is 9.19. The Hall–Kier alpha value is -0.200. The minimum atomic E-state index is -1.28. The fraction of sp³-hybridized carbons (Fsp3) is 1.00. The molecule has 0 bridgehead atoms. The van der Waals surface area contributed by atoms with Gasteiger partial charge in [-0.1, -0.05) is 60.8 Å². The molecule has 0 aromatic carbocycles. The second-order valence-corrected chi connectivity index (χ2v) is 9.19. The Morgan fingerprint density at radius 3 is 2.00 bits per heavy atom. The molecule has 0 aliphatic carbocycles. The third-order valence-corrected chi connectivity index (χ3v) is 4.53. The molecule has 170 valence electrons. The summed E-state index contributed by atoms with van der Waals surface area (Å²) >= 11 is 0. The summed E-state index contributed by atoms with van der Waals surface area (Å²) in [5.41, 5.74) is -0.528. The van der Waals surface area contributed by atoms with Gasteiger partial charge in [0.1, 0.15) is 0 Å². The van der Waals surface area contributed by atoms with Crippen LogP contribution in [-0.2, 0) is 24.0 Å². The quantitative estimate of drug-likeness (QED) is 0.108. The zero-order valence-electron chi connectivity index (χ0n) is 20.0. The lowest BCUT2D eigenvalue weighted by molar-refractivity contribution is -0.538. The number of rotatable bonds is 19. The van der Waals surface area contributed by atoms with E-state index in [1.54, 1.807) is 0 Å². The molecule has 0 saturated carbocycles. The van der Waals surface area contributed by atoms with E-state index in [0.29, 0.717) is 38.3 Å². The Morgan fingerprint density at radius 2 is 1.43 bits per heavy atom. The van der Waals surface area contributed by atoms with Gasteiger partial charge in [0, 0.05) is 6.61 Å². The first-order valence-electron chi connectivity index (χ1n) is 11.4. The van der Waals surface area contributed by atoms with Crippen molar-refractivity contribution in [2.75, 3.05) is 33.0 Å². The van der Waals surface area contributed by atoms with Gasteiger partial charge in [0.25, 0.3) is 0 Å². The largest absolute Gasteiger partial charge is 0.381 e. The van der Waals surface area contributed by atoms with E-state index in [-0.39, 0.29) is 0 Å². The maximum Gasteiger partial charge on any atom is 0.319 e. The topological polar surface area (TPSA) is 46.2 Å². The molecule has 0 aliphatic heterocycles. The van der Waals surface area contributed by atoms with Crippen LogP contribution in [0.5, 0.6) is 0 Å². The van der Waals surface area contributed by atoms with Crippen molar-refractivity contribution in [3.05, 3.63) is 0 Å². The fourth-order valence-electron chi connectivity index (χ4n) is 2.49. The standard InChI is InChI=1S/C23H48O5/c1-9-11-13-16-25-23(26-18-21(5)6,28-27-17-14-20(3)4)22(7,8)19-24-15-12-10-2/h20-21H,9-19H2,1-8H3. The molecule has 28 heavy (non-hydrogen) atoms. The average Bonchev–Trinajstić information content (AvgIpc) is 2.62. The van der Waals surface area contributed by atoms with Crippen LogP contribution in [0.3, 0.4) is 0 Å². The van der Waals surface area contributed by atoms with Gasteiger partial charge in [0.15, 0.2) is 0 Å². The van der Waals surface area contributed by atoms with Crippen molar-refractivity contribution in [1.29, 1.82) is 0 Å². The third-order valence-electron chi connectivity index (χ3n) is 4.53. The van der Waals surface area contributed by atoms with E-state index in [4.69, 9.17) is 24.0 Å². The SMILES string of the molecule is CCCCCOC(OCC(C)C)(OOCCC(C)C)C(C)(C)COCCCC. The molecule has 5 heteroatoms. The second kappa shape index (κ2) is 15.6. The van der Waals surface area contributed by atoms with Crippen molar-refractivity contribution in [1.82, 2.24) is 0 Å². The van der Waals surface area contributed by atoms with E-state index < -0.39 is 11.4 Å². The molecule has 0 spiro atoms. The van der Waals surface area contributed by atoms with Crippen molar-refractivity contribution in [3.63, 3.8) is 0 Å². The Balaban J connectivity index is 5.25. The van der Waals surface area contributed by atoms with Crippen LogP contribution in [0.2, 0.25) is 0 Å². The van der Waals surface area contributed by atoms with Crippen molar-refractivity contribution in [2.24, 2.45) is 17.3 Å². The fourth-order valence-corrected chi connectivity index (χ4v) is 2.49. The van der Waals surface area contributed by atoms with E-state index >= 15 is 0 Å². The highest BCUT2D eigenvalue weighted by Crippen LogP contribution is 2.38. The lowest BCUT2D eigenvalue weighted by Crippen LogP contribution is -2.54. The van der Waals surface area contributed by atoms with Crippen LogP contribution in [0.25, 0.3) is 0 Å². The van der Waals surface area contributed by atoms with Crippen LogP contribution in [0.15, 0.2) is 0 Å². The zero-order valence-corrected chi connectivity index (χ0v) is 20.0. The van der Waals surface area contributed by atoms with Gasteiger partial charge >= 0.3 is 5.97 Å². The highest BCUT2D eigenvalue weighted by atomic mass is 17.3. The van der Waals surface area contributed by atoms with Gasteiger partial charge in [-0.15, -0.1) is 0 Å². The monoisotopic (exact) mass is 404 g/mol. The molecule has 0 amide bonds. The summed E-state index contributed by atoms with van der Waals surface area (Å²) in [4.78, 5) is 11.5. The van der Waals surface area contributed by atoms with Crippen molar-refractivity contribution in [2.45, 2.75) is 99.9 Å². The van der Waals surface area contributed by atoms with Gasteiger partial charge in [-0.05, 0) is 44.9 Å². The maximum absolute atomic E-state index is 6.26. The van der Waals surface area contributed by atoms with E-state index in [1.165, 1.54) is 0 Å². The van der Waals surface area contributed by atoms with Gasteiger partial charge in [0.2, 0.25) is 0 Å². The molecule has 0 aliphatic rings. The average molecular weight is 405 g/mol. The molecule has 0 rings (SSSR count). The van der Waals surface area contributed by atoms with Crippen LogP contribution >= 0.6 is 0 Å². The van der Waals surface area contributed by atoms with Gasteiger partial charge < -0.3 is 14.2 Å². The third kappa shape index (κ3) is 11.7. The van der Waals surface area contributed by atoms with Crippen LogP contribution < -0.4 is 0 Å². The summed E-state index contributed by atoms with van der Waals surface area (Å²) in [5, 5.41) is 0. The maximum atomic E-state index is 6.26. The molecule has 1 atom stereocenters. The summed E-state index contributed by atoms with van der Waals surface area (Å²) in [6.07, 6.45) is 6.28. The molecule has 0 fully saturated rings. The predicted molar refractivity (Wildman–Crippen MR) is 115 cm³/mol.